The van der Waals surface area contributed by atoms with E-state index in [-0.39, 0.29) is 5.91 Å². The molecule has 1 aromatic heterocycles. The molecule has 0 aliphatic rings. The van der Waals surface area contributed by atoms with Gasteiger partial charge < -0.3 is 5.32 Å². The number of nitrogens with one attached hydrogen (secondary N) is 1. The van der Waals surface area contributed by atoms with Crippen molar-refractivity contribution >= 4 is 12.0 Å². The summed E-state index contributed by atoms with van der Waals surface area (Å²) in [7, 11) is 0. The van der Waals surface area contributed by atoms with Gasteiger partial charge in [-0.2, -0.15) is 5.10 Å². The van der Waals surface area contributed by atoms with Crippen molar-refractivity contribution in [3.8, 4) is 5.69 Å². The number of benzene rings is 2. The number of hydrogen-bond acceptors (Lipinski definition) is 2. The molecule has 3 aromatic rings. The molecular formula is C20H19N3O. The molecule has 0 aliphatic carbocycles. The number of aromatic nitrogens is 2. The van der Waals surface area contributed by atoms with Crippen molar-refractivity contribution < 1.29 is 4.79 Å². The number of carbonyl (C=O) groups is 1. The van der Waals surface area contributed by atoms with Gasteiger partial charge in [-0.05, 0) is 41.8 Å². The summed E-state index contributed by atoms with van der Waals surface area (Å²) in [6.45, 7) is 0.598. The predicted octanol–water partition coefficient (Wildman–Crippen LogP) is 3.24. The fourth-order valence-corrected chi connectivity index (χ4v) is 2.40. The molecule has 0 bridgehead atoms. The average Bonchev–Trinajstić information content (AvgIpc) is 3.16. The third kappa shape index (κ3) is 4.43. The summed E-state index contributed by atoms with van der Waals surface area (Å²) in [6.07, 6.45) is 7.82. The Labute approximate surface area is 141 Å². The zero-order valence-corrected chi connectivity index (χ0v) is 13.3. The molecule has 0 saturated heterocycles. The maximum Gasteiger partial charge on any atom is 0.244 e. The Morgan fingerprint density at radius 3 is 2.75 bits per heavy atom. The number of carbonyl (C=O) groups excluding carboxylic acids is 1. The van der Waals surface area contributed by atoms with Gasteiger partial charge in [-0.15, -0.1) is 0 Å². The van der Waals surface area contributed by atoms with Crippen molar-refractivity contribution in [2.24, 2.45) is 0 Å². The topological polar surface area (TPSA) is 46.9 Å². The van der Waals surface area contributed by atoms with Crippen molar-refractivity contribution in [1.82, 2.24) is 15.1 Å². The number of nitrogens with zero attached hydrogens (tertiary/aromatic N) is 2. The lowest BCUT2D eigenvalue weighted by Crippen LogP contribution is -2.23. The molecule has 0 aliphatic heterocycles. The van der Waals surface area contributed by atoms with Crippen molar-refractivity contribution in [1.29, 1.82) is 0 Å². The lowest BCUT2D eigenvalue weighted by atomic mass is 10.1. The van der Waals surface area contributed by atoms with Gasteiger partial charge in [-0.25, -0.2) is 4.68 Å². The van der Waals surface area contributed by atoms with Crippen LogP contribution in [0.1, 0.15) is 11.1 Å². The quantitative estimate of drug-likeness (QED) is 0.710. The summed E-state index contributed by atoms with van der Waals surface area (Å²) < 4.78 is 1.82. The zero-order valence-electron chi connectivity index (χ0n) is 13.3. The fraction of sp³-hybridized carbons (Fsp3) is 0.100. The molecule has 2 aromatic carbocycles. The van der Waals surface area contributed by atoms with E-state index in [0.717, 1.165) is 23.2 Å². The third-order valence-electron chi connectivity index (χ3n) is 3.62. The number of hydrogen-bond donors (Lipinski definition) is 1. The van der Waals surface area contributed by atoms with E-state index in [1.165, 1.54) is 0 Å². The Balaban J connectivity index is 1.50. The first kappa shape index (κ1) is 15.7. The minimum atomic E-state index is -0.0814. The summed E-state index contributed by atoms with van der Waals surface area (Å²) >= 11 is 0. The lowest BCUT2D eigenvalue weighted by Gasteiger charge is -2.06. The Hall–Kier alpha value is -3.14. The molecule has 4 nitrogen and oxygen atoms in total. The monoisotopic (exact) mass is 317 g/mol. The fourth-order valence-electron chi connectivity index (χ4n) is 2.40. The smallest absolute Gasteiger partial charge is 0.244 e. The van der Waals surface area contributed by atoms with Crippen molar-refractivity contribution in [3.05, 3.63) is 90.3 Å². The molecule has 1 amide bonds. The SMILES string of the molecule is O=C(C=Cc1ccccc1)NCCc1cccc(-n2cccn2)c1. The number of amides is 1. The van der Waals surface area contributed by atoms with Gasteiger partial charge in [0.1, 0.15) is 0 Å². The van der Waals surface area contributed by atoms with E-state index in [1.54, 1.807) is 12.3 Å². The second-order valence-electron chi connectivity index (χ2n) is 5.41. The van der Waals surface area contributed by atoms with E-state index in [2.05, 4.69) is 22.5 Å². The van der Waals surface area contributed by atoms with Crippen LogP contribution in [-0.4, -0.2) is 22.2 Å². The number of rotatable bonds is 6. The molecule has 1 N–H and O–H groups in total. The van der Waals surface area contributed by atoms with Crippen LogP contribution >= 0.6 is 0 Å². The minimum absolute atomic E-state index is 0.0814. The summed E-state index contributed by atoms with van der Waals surface area (Å²) in [5, 5.41) is 7.13. The first-order valence-electron chi connectivity index (χ1n) is 7.91. The molecule has 4 heteroatoms. The second-order valence-corrected chi connectivity index (χ2v) is 5.41. The highest BCUT2D eigenvalue weighted by Crippen LogP contribution is 2.09. The van der Waals surface area contributed by atoms with E-state index in [9.17, 15) is 4.79 Å². The van der Waals surface area contributed by atoms with E-state index in [4.69, 9.17) is 0 Å². The molecule has 120 valence electrons. The average molecular weight is 317 g/mol. The third-order valence-corrected chi connectivity index (χ3v) is 3.62. The molecule has 1 heterocycles. The zero-order chi connectivity index (χ0) is 16.6. The highest BCUT2D eigenvalue weighted by molar-refractivity contribution is 5.91. The lowest BCUT2D eigenvalue weighted by molar-refractivity contribution is -0.116. The summed E-state index contributed by atoms with van der Waals surface area (Å²) in [5.41, 5.74) is 3.20. The van der Waals surface area contributed by atoms with Crippen molar-refractivity contribution in [3.63, 3.8) is 0 Å². The van der Waals surface area contributed by atoms with Crippen LogP contribution in [0.25, 0.3) is 11.8 Å². The molecule has 0 fully saturated rings. The van der Waals surface area contributed by atoms with Gasteiger partial charge in [0.15, 0.2) is 0 Å². The van der Waals surface area contributed by atoms with Crippen molar-refractivity contribution in [2.75, 3.05) is 6.54 Å². The van der Waals surface area contributed by atoms with E-state index in [0.29, 0.717) is 6.54 Å². The predicted molar refractivity (Wildman–Crippen MR) is 95.8 cm³/mol. The van der Waals surface area contributed by atoms with Crippen LogP contribution < -0.4 is 5.32 Å². The van der Waals surface area contributed by atoms with Gasteiger partial charge in [0.05, 0.1) is 5.69 Å². The highest BCUT2D eigenvalue weighted by atomic mass is 16.1. The van der Waals surface area contributed by atoms with E-state index in [1.807, 2.05) is 65.5 Å². The normalized spacial score (nSPS) is 10.8. The van der Waals surface area contributed by atoms with Crippen LogP contribution in [-0.2, 0) is 11.2 Å². The second kappa shape index (κ2) is 7.92. The molecule has 0 saturated carbocycles. The summed E-state index contributed by atoms with van der Waals surface area (Å²) in [5.74, 6) is -0.0814. The Kier molecular flexibility index (Phi) is 5.20. The molecule has 0 radical (unpaired) electrons. The van der Waals surface area contributed by atoms with Crippen LogP contribution in [0, 0.1) is 0 Å². The molecule has 0 atom stereocenters. The molecule has 3 rings (SSSR count). The van der Waals surface area contributed by atoms with Crippen molar-refractivity contribution in [2.45, 2.75) is 6.42 Å². The molecule has 24 heavy (non-hydrogen) atoms. The van der Waals surface area contributed by atoms with Crippen LogP contribution in [0.15, 0.2) is 79.1 Å². The van der Waals surface area contributed by atoms with Gasteiger partial charge in [-0.3, -0.25) is 4.79 Å². The van der Waals surface area contributed by atoms with Crippen LogP contribution in [0.3, 0.4) is 0 Å². The van der Waals surface area contributed by atoms with Gasteiger partial charge in [0.25, 0.3) is 0 Å². The van der Waals surface area contributed by atoms with E-state index >= 15 is 0 Å². The van der Waals surface area contributed by atoms with Gasteiger partial charge in [0.2, 0.25) is 5.91 Å². The largest absolute Gasteiger partial charge is 0.352 e. The van der Waals surface area contributed by atoms with E-state index < -0.39 is 0 Å². The first-order valence-corrected chi connectivity index (χ1v) is 7.91. The highest BCUT2D eigenvalue weighted by Gasteiger charge is 2.00. The maximum absolute atomic E-state index is 11.8. The summed E-state index contributed by atoms with van der Waals surface area (Å²) in [4.78, 5) is 11.8. The summed E-state index contributed by atoms with van der Waals surface area (Å²) in [6, 6.07) is 19.8. The van der Waals surface area contributed by atoms with Gasteiger partial charge in [-0.1, -0.05) is 42.5 Å². The van der Waals surface area contributed by atoms with Gasteiger partial charge in [0, 0.05) is 25.0 Å². The Bertz CT molecular complexity index is 808. The maximum atomic E-state index is 11.8. The molecular weight excluding hydrogens is 298 g/mol. The minimum Gasteiger partial charge on any atom is -0.352 e. The van der Waals surface area contributed by atoms with Gasteiger partial charge >= 0.3 is 0 Å². The molecule has 0 spiro atoms. The Morgan fingerprint density at radius 1 is 1.08 bits per heavy atom. The first-order chi connectivity index (χ1) is 11.8. The standard InChI is InChI=1S/C20H19N3O/c24-20(11-10-17-6-2-1-3-7-17)21-14-12-18-8-4-9-19(16-18)23-15-5-13-22-23/h1-11,13,15-16H,12,14H2,(H,21,24). The van der Waals surface area contributed by atoms with Crippen LogP contribution in [0.2, 0.25) is 0 Å². The van der Waals surface area contributed by atoms with Crippen LogP contribution in [0.4, 0.5) is 0 Å². The molecule has 0 unspecified atom stereocenters. The van der Waals surface area contributed by atoms with Crippen LogP contribution in [0.5, 0.6) is 0 Å². The Morgan fingerprint density at radius 2 is 1.96 bits per heavy atom.